The smallest absolute Gasteiger partial charge is 0.410 e. The summed E-state index contributed by atoms with van der Waals surface area (Å²) in [5, 5.41) is 0. The molecule has 8 nitrogen and oxygen atoms in total. The molecule has 2 aliphatic heterocycles. The molecule has 0 N–H and O–H groups in total. The van der Waals surface area contributed by atoms with Crippen molar-refractivity contribution in [3.63, 3.8) is 0 Å². The number of aromatic nitrogens is 2. The highest BCUT2D eigenvalue weighted by molar-refractivity contribution is 5.87. The molecule has 0 aromatic carbocycles. The van der Waals surface area contributed by atoms with Crippen molar-refractivity contribution < 1.29 is 14.3 Å². The quantitative estimate of drug-likeness (QED) is 0.768. The van der Waals surface area contributed by atoms with Gasteiger partial charge in [0, 0.05) is 45.1 Å². The van der Waals surface area contributed by atoms with E-state index in [0.29, 0.717) is 13.0 Å². The summed E-state index contributed by atoms with van der Waals surface area (Å²) < 4.78 is 5.42. The minimum Gasteiger partial charge on any atom is -0.444 e. The lowest BCUT2D eigenvalue weighted by molar-refractivity contribution is -0.134. The Balaban J connectivity index is 1.55. The lowest BCUT2D eigenvalue weighted by Crippen LogP contribution is -2.49. The molecule has 2 aliphatic rings. The molecule has 1 aromatic rings. The molecule has 8 heteroatoms. The number of amides is 2. The lowest BCUT2D eigenvalue weighted by atomic mass is 10.0. The van der Waals surface area contributed by atoms with Crippen LogP contribution in [0.2, 0.25) is 0 Å². The highest BCUT2D eigenvalue weighted by atomic mass is 16.6. The van der Waals surface area contributed by atoms with Crippen LogP contribution >= 0.6 is 0 Å². The molecule has 1 atom stereocenters. The molecular formula is C21H33N5O3. The number of hydrogen-bond donors (Lipinski definition) is 0. The van der Waals surface area contributed by atoms with E-state index in [0.717, 1.165) is 43.9 Å². The normalized spacial score (nSPS) is 20.9. The van der Waals surface area contributed by atoms with Crippen molar-refractivity contribution in [2.24, 2.45) is 0 Å². The van der Waals surface area contributed by atoms with Gasteiger partial charge < -0.3 is 14.5 Å². The van der Waals surface area contributed by atoms with Gasteiger partial charge in [-0.3, -0.25) is 9.69 Å². The number of aryl methyl sites for hydroxylation is 1. The number of likely N-dealkylation sites (N-methyl/N-ethyl adjacent to an activating group) is 1. The second-order valence-electron chi connectivity index (χ2n) is 8.89. The van der Waals surface area contributed by atoms with Crippen molar-refractivity contribution >= 4 is 17.9 Å². The molecule has 3 rings (SSSR count). The molecular weight excluding hydrogens is 370 g/mol. The molecule has 1 aromatic heterocycles. The third-order valence-electron chi connectivity index (χ3n) is 5.65. The Labute approximate surface area is 173 Å². The Morgan fingerprint density at radius 3 is 2.34 bits per heavy atom. The van der Waals surface area contributed by atoms with Crippen molar-refractivity contribution in [3.8, 4) is 0 Å². The Bertz CT molecular complexity index is 723. The van der Waals surface area contributed by atoms with Gasteiger partial charge in [-0.1, -0.05) is 6.92 Å². The maximum atomic E-state index is 13.0. The zero-order valence-corrected chi connectivity index (χ0v) is 18.2. The van der Waals surface area contributed by atoms with Gasteiger partial charge >= 0.3 is 6.09 Å². The minimum absolute atomic E-state index is 0.0281. The molecule has 160 valence electrons. The van der Waals surface area contributed by atoms with Gasteiger partial charge in [-0.05, 0) is 52.0 Å². The van der Waals surface area contributed by atoms with Gasteiger partial charge in [0.15, 0.2) is 0 Å². The van der Waals surface area contributed by atoms with Crippen molar-refractivity contribution in [3.05, 3.63) is 18.0 Å². The molecule has 2 amide bonds. The fourth-order valence-electron chi connectivity index (χ4n) is 3.94. The first kappa shape index (κ1) is 21.3. The zero-order valence-electron chi connectivity index (χ0n) is 18.2. The molecule has 0 spiro atoms. The zero-order chi connectivity index (χ0) is 21.2. The van der Waals surface area contributed by atoms with E-state index >= 15 is 0 Å². The molecule has 0 unspecified atom stereocenters. The average Bonchev–Trinajstić information content (AvgIpc) is 3.07. The standard InChI is InChI=1S/C21H33N5O3/c1-6-15-13-22-19(23-14-15)25-10-7-16(8-11-25)26-12-9-17(18(26)27)24(5)20(28)29-21(2,3)4/h13-14,16-17H,6-12H2,1-5H3/t17-/m0/s1. The molecule has 3 heterocycles. The monoisotopic (exact) mass is 403 g/mol. The summed E-state index contributed by atoms with van der Waals surface area (Å²) in [5.41, 5.74) is 0.558. The fourth-order valence-corrected chi connectivity index (χ4v) is 3.94. The second kappa shape index (κ2) is 8.55. The first-order valence-electron chi connectivity index (χ1n) is 10.5. The largest absolute Gasteiger partial charge is 0.444 e. The van der Waals surface area contributed by atoms with Crippen molar-refractivity contribution in [2.75, 3.05) is 31.6 Å². The van der Waals surface area contributed by atoms with E-state index in [4.69, 9.17) is 4.74 Å². The number of piperidine rings is 1. The van der Waals surface area contributed by atoms with Crippen LogP contribution in [0.5, 0.6) is 0 Å². The summed E-state index contributed by atoms with van der Waals surface area (Å²) in [5.74, 6) is 0.788. The Morgan fingerprint density at radius 2 is 1.79 bits per heavy atom. The van der Waals surface area contributed by atoms with E-state index < -0.39 is 17.7 Å². The topological polar surface area (TPSA) is 78.9 Å². The summed E-state index contributed by atoms with van der Waals surface area (Å²) in [6.07, 6.45) is 6.67. The first-order chi connectivity index (χ1) is 13.7. The Kier molecular flexibility index (Phi) is 6.29. The second-order valence-corrected chi connectivity index (χ2v) is 8.89. The highest BCUT2D eigenvalue weighted by Gasteiger charge is 2.41. The number of hydrogen-bond acceptors (Lipinski definition) is 6. The van der Waals surface area contributed by atoms with Gasteiger partial charge in [0.2, 0.25) is 11.9 Å². The molecule has 0 aliphatic carbocycles. The van der Waals surface area contributed by atoms with E-state index in [-0.39, 0.29) is 11.9 Å². The van der Waals surface area contributed by atoms with Crippen LogP contribution in [0.25, 0.3) is 0 Å². The summed E-state index contributed by atoms with van der Waals surface area (Å²) >= 11 is 0. The van der Waals surface area contributed by atoms with Crippen LogP contribution in [0, 0.1) is 0 Å². The van der Waals surface area contributed by atoms with Crippen LogP contribution in [-0.4, -0.2) is 76.1 Å². The Morgan fingerprint density at radius 1 is 1.17 bits per heavy atom. The third-order valence-corrected chi connectivity index (χ3v) is 5.65. The summed E-state index contributed by atoms with van der Waals surface area (Å²) in [6, 6.07) is -0.237. The van der Waals surface area contributed by atoms with E-state index in [9.17, 15) is 9.59 Å². The average molecular weight is 404 g/mol. The maximum absolute atomic E-state index is 13.0. The van der Waals surface area contributed by atoms with E-state index in [1.807, 2.05) is 38.1 Å². The summed E-state index contributed by atoms with van der Waals surface area (Å²) in [6.45, 7) is 9.91. The molecule has 2 fully saturated rings. The molecule has 2 saturated heterocycles. The van der Waals surface area contributed by atoms with Crippen LogP contribution in [-0.2, 0) is 16.0 Å². The molecule has 0 saturated carbocycles. The van der Waals surface area contributed by atoms with Crippen LogP contribution in [0.15, 0.2) is 12.4 Å². The van der Waals surface area contributed by atoms with E-state index in [1.165, 1.54) is 4.90 Å². The molecule has 0 radical (unpaired) electrons. The number of rotatable bonds is 4. The number of carbonyl (C=O) groups is 2. The molecule has 29 heavy (non-hydrogen) atoms. The third kappa shape index (κ3) is 4.97. The number of nitrogens with zero attached hydrogens (tertiary/aromatic N) is 5. The fraction of sp³-hybridized carbons (Fsp3) is 0.714. The van der Waals surface area contributed by atoms with Crippen LogP contribution in [0.1, 0.15) is 52.5 Å². The minimum atomic E-state index is -0.573. The van der Waals surface area contributed by atoms with Gasteiger partial charge in [-0.15, -0.1) is 0 Å². The predicted molar refractivity (Wildman–Crippen MR) is 111 cm³/mol. The van der Waals surface area contributed by atoms with Gasteiger partial charge in [-0.25, -0.2) is 14.8 Å². The van der Waals surface area contributed by atoms with Crippen LogP contribution in [0.4, 0.5) is 10.7 Å². The van der Waals surface area contributed by atoms with Crippen molar-refractivity contribution in [1.29, 1.82) is 0 Å². The molecule has 0 bridgehead atoms. The Hall–Kier alpha value is -2.38. The highest BCUT2D eigenvalue weighted by Crippen LogP contribution is 2.26. The van der Waals surface area contributed by atoms with Crippen LogP contribution < -0.4 is 4.90 Å². The summed E-state index contributed by atoms with van der Waals surface area (Å²) in [4.78, 5) is 39.8. The van der Waals surface area contributed by atoms with Gasteiger partial charge in [0.05, 0.1) is 0 Å². The SMILES string of the molecule is CCc1cnc(N2CCC(N3CC[C@H](N(C)C(=O)OC(C)(C)C)C3=O)CC2)nc1. The van der Waals surface area contributed by atoms with Gasteiger partial charge in [0.1, 0.15) is 11.6 Å². The summed E-state index contributed by atoms with van der Waals surface area (Å²) in [7, 11) is 1.65. The number of anilines is 1. The number of carbonyl (C=O) groups excluding carboxylic acids is 2. The number of likely N-dealkylation sites (tertiary alicyclic amines) is 1. The van der Waals surface area contributed by atoms with E-state index in [1.54, 1.807) is 7.05 Å². The van der Waals surface area contributed by atoms with Crippen molar-refractivity contribution in [1.82, 2.24) is 19.8 Å². The van der Waals surface area contributed by atoms with Gasteiger partial charge in [-0.2, -0.15) is 0 Å². The van der Waals surface area contributed by atoms with Gasteiger partial charge in [0.25, 0.3) is 0 Å². The lowest BCUT2D eigenvalue weighted by Gasteiger charge is -2.37. The van der Waals surface area contributed by atoms with Crippen molar-refractivity contribution in [2.45, 2.75) is 71.1 Å². The van der Waals surface area contributed by atoms with E-state index in [2.05, 4.69) is 21.8 Å². The number of ether oxygens (including phenoxy) is 1. The maximum Gasteiger partial charge on any atom is 0.410 e. The van der Waals surface area contributed by atoms with Crippen LogP contribution in [0.3, 0.4) is 0 Å². The predicted octanol–water partition coefficient (Wildman–Crippen LogP) is 2.48. The first-order valence-corrected chi connectivity index (χ1v) is 10.5.